The molecule has 10 nitrogen and oxygen atoms in total. The molecule has 1 aromatic carbocycles. The zero-order valence-corrected chi connectivity index (χ0v) is 29.2. The summed E-state index contributed by atoms with van der Waals surface area (Å²) in [6, 6.07) is 4.70. The summed E-state index contributed by atoms with van der Waals surface area (Å²) >= 11 is 6.41. The minimum atomic E-state index is -2.70. The number of benzene rings is 1. The Labute approximate surface area is 286 Å². The Morgan fingerprint density at radius 3 is 2.19 bits per heavy atom. The minimum absolute atomic E-state index is 0.109. The number of rotatable bonds is 11. The highest BCUT2D eigenvalue weighted by Gasteiger charge is 2.43. The quantitative estimate of drug-likeness (QED) is 0.303. The van der Waals surface area contributed by atoms with Crippen LogP contribution in [0.2, 0.25) is 5.02 Å². The number of carbonyl (C=O) groups excluding carboxylic acids is 2. The standard InChI is InChI=1S/C35H47ClF2N6O4/c1-20(2)30(33(47)48)41-34-39-22(4)29(23(5)40-34)32(46)43-18-25-16-42(17-26(25)19-43)13-6-14-44(27-8-7-21(3)28(36)15-27)31(45)24-9-11-35(37,38)12-10-24/h7-8,15,20,24-26,30H,6,9-14,16-19H2,1-5H3,(H,47,48)(H,39,40,41). The van der Waals surface area contributed by atoms with Crippen molar-refractivity contribution in [2.24, 2.45) is 23.7 Å². The second-order valence-corrected chi connectivity index (χ2v) is 14.6. The van der Waals surface area contributed by atoms with Crippen LogP contribution in [-0.2, 0) is 9.59 Å². The van der Waals surface area contributed by atoms with Crippen molar-refractivity contribution in [1.29, 1.82) is 0 Å². The number of carbonyl (C=O) groups is 3. The van der Waals surface area contributed by atoms with Gasteiger partial charge in [-0.3, -0.25) is 9.59 Å². The van der Waals surface area contributed by atoms with E-state index in [1.807, 2.05) is 24.0 Å². The lowest BCUT2D eigenvalue weighted by Crippen LogP contribution is -2.41. The molecule has 1 aromatic heterocycles. The molecule has 2 aromatic rings. The van der Waals surface area contributed by atoms with Crippen LogP contribution in [0.1, 0.15) is 73.3 Å². The Balaban J connectivity index is 1.16. The van der Waals surface area contributed by atoms with E-state index in [9.17, 15) is 28.3 Å². The van der Waals surface area contributed by atoms with E-state index in [1.165, 1.54) is 0 Å². The van der Waals surface area contributed by atoms with Gasteiger partial charge in [-0.15, -0.1) is 0 Å². The molecule has 1 saturated carbocycles. The van der Waals surface area contributed by atoms with Crippen LogP contribution in [0.4, 0.5) is 20.4 Å². The van der Waals surface area contributed by atoms with Gasteiger partial charge in [-0.1, -0.05) is 31.5 Å². The predicted octanol–water partition coefficient (Wildman–Crippen LogP) is 5.83. The van der Waals surface area contributed by atoms with Crippen LogP contribution in [0.3, 0.4) is 0 Å². The second kappa shape index (κ2) is 14.6. The van der Waals surface area contributed by atoms with Crippen LogP contribution < -0.4 is 10.2 Å². The summed E-state index contributed by atoms with van der Waals surface area (Å²) in [6.07, 6.45) is 0.562. The number of hydrogen-bond donors (Lipinski definition) is 2. The Hall–Kier alpha value is -3.38. The minimum Gasteiger partial charge on any atom is -0.480 e. The molecular formula is C35H47ClF2N6O4. The molecule has 0 bridgehead atoms. The number of nitrogens with zero attached hydrogens (tertiary/aromatic N) is 5. The lowest BCUT2D eigenvalue weighted by molar-refractivity contribution is -0.138. The van der Waals surface area contributed by atoms with Gasteiger partial charge in [0.1, 0.15) is 6.04 Å². The third-order valence-electron chi connectivity index (χ3n) is 10.2. The van der Waals surface area contributed by atoms with Crippen molar-refractivity contribution in [1.82, 2.24) is 19.8 Å². The largest absolute Gasteiger partial charge is 0.480 e. The Morgan fingerprint density at radius 2 is 1.65 bits per heavy atom. The average molecular weight is 689 g/mol. The van der Waals surface area contributed by atoms with Crippen LogP contribution in [0, 0.1) is 44.4 Å². The van der Waals surface area contributed by atoms with E-state index in [2.05, 4.69) is 20.2 Å². The van der Waals surface area contributed by atoms with E-state index >= 15 is 0 Å². The van der Waals surface area contributed by atoms with Crippen molar-refractivity contribution in [3.8, 4) is 0 Å². The summed E-state index contributed by atoms with van der Waals surface area (Å²) in [5.41, 5.74) is 3.08. The number of carboxylic acids is 1. The van der Waals surface area contributed by atoms with E-state index in [4.69, 9.17) is 11.6 Å². The molecule has 2 aliphatic heterocycles. The maximum Gasteiger partial charge on any atom is 0.326 e. The lowest BCUT2D eigenvalue weighted by Gasteiger charge is -2.32. The first-order chi connectivity index (χ1) is 22.6. The van der Waals surface area contributed by atoms with Crippen molar-refractivity contribution in [2.45, 2.75) is 78.7 Å². The Kier molecular flexibility index (Phi) is 10.9. The predicted molar refractivity (Wildman–Crippen MR) is 181 cm³/mol. The summed E-state index contributed by atoms with van der Waals surface area (Å²) < 4.78 is 27.7. The first kappa shape index (κ1) is 35.9. The van der Waals surface area contributed by atoms with Gasteiger partial charge in [0.15, 0.2) is 0 Å². The molecule has 3 fully saturated rings. The molecule has 262 valence electrons. The number of aliphatic carboxylic acids is 1. The highest BCUT2D eigenvalue weighted by Crippen LogP contribution is 2.38. The number of alkyl halides is 2. The zero-order chi connectivity index (χ0) is 34.9. The van der Waals surface area contributed by atoms with Crippen LogP contribution in [0.15, 0.2) is 18.2 Å². The van der Waals surface area contributed by atoms with Crippen molar-refractivity contribution >= 4 is 41.0 Å². The van der Waals surface area contributed by atoms with Gasteiger partial charge in [-0.05, 0) is 82.0 Å². The average Bonchev–Trinajstić information content (AvgIpc) is 3.58. The number of carboxylic acid groups (broad SMARTS) is 1. The maximum absolute atomic E-state index is 13.8. The molecule has 5 rings (SSSR count). The Morgan fingerprint density at radius 1 is 1.04 bits per heavy atom. The number of halogens is 3. The Bertz CT molecular complexity index is 1490. The number of fused-ring (bicyclic) bond motifs is 1. The number of aryl methyl sites for hydroxylation is 3. The molecule has 3 heterocycles. The molecule has 3 unspecified atom stereocenters. The molecule has 0 spiro atoms. The van der Waals surface area contributed by atoms with Crippen molar-refractivity contribution < 1.29 is 28.3 Å². The van der Waals surface area contributed by atoms with E-state index in [0.29, 0.717) is 59.1 Å². The topological polar surface area (TPSA) is 119 Å². The van der Waals surface area contributed by atoms with Gasteiger partial charge in [0, 0.05) is 62.2 Å². The molecule has 0 radical (unpaired) electrons. The summed E-state index contributed by atoms with van der Waals surface area (Å²) in [5.74, 6) is -3.65. The fraction of sp³-hybridized carbons (Fsp3) is 0.629. The van der Waals surface area contributed by atoms with Gasteiger partial charge in [0.25, 0.3) is 5.91 Å². The van der Waals surface area contributed by atoms with Crippen LogP contribution in [0.25, 0.3) is 0 Å². The van der Waals surface area contributed by atoms with Gasteiger partial charge >= 0.3 is 5.97 Å². The number of amides is 2. The van der Waals surface area contributed by atoms with E-state index < -0.39 is 23.9 Å². The number of aromatic nitrogens is 2. The number of anilines is 2. The molecule has 48 heavy (non-hydrogen) atoms. The smallest absolute Gasteiger partial charge is 0.326 e. The number of likely N-dealkylation sites (tertiary alicyclic amines) is 2. The molecule has 1 aliphatic carbocycles. The zero-order valence-electron chi connectivity index (χ0n) is 28.4. The lowest BCUT2D eigenvalue weighted by atomic mass is 9.85. The molecule has 3 aliphatic rings. The maximum atomic E-state index is 13.8. The molecule has 3 atom stereocenters. The van der Waals surface area contributed by atoms with Gasteiger partial charge in [-0.25, -0.2) is 23.5 Å². The third kappa shape index (κ3) is 8.07. The fourth-order valence-corrected chi connectivity index (χ4v) is 7.59. The highest BCUT2D eigenvalue weighted by atomic mass is 35.5. The first-order valence-corrected chi connectivity index (χ1v) is 17.3. The van der Waals surface area contributed by atoms with Crippen LogP contribution in [0.5, 0.6) is 0 Å². The van der Waals surface area contributed by atoms with Gasteiger partial charge in [-0.2, -0.15) is 0 Å². The number of nitrogens with one attached hydrogen (secondary N) is 1. The van der Waals surface area contributed by atoms with Crippen molar-refractivity contribution in [2.75, 3.05) is 49.5 Å². The van der Waals surface area contributed by atoms with Gasteiger partial charge < -0.3 is 25.1 Å². The van der Waals surface area contributed by atoms with Crippen molar-refractivity contribution in [3.05, 3.63) is 45.7 Å². The summed E-state index contributed by atoms with van der Waals surface area (Å²) in [6.45, 7) is 13.2. The number of hydrogen-bond acceptors (Lipinski definition) is 7. The van der Waals surface area contributed by atoms with Crippen molar-refractivity contribution in [3.63, 3.8) is 0 Å². The summed E-state index contributed by atoms with van der Waals surface area (Å²) in [4.78, 5) is 53.8. The monoisotopic (exact) mass is 688 g/mol. The third-order valence-corrected chi connectivity index (χ3v) is 10.6. The molecular weight excluding hydrogens is 642 g/mol. The summed E-state index contributed by atoms with van der Waals surface area (Å²) in [5, 5.41) is 13.0. The van der Waals surface area contributed by atoms with Crippen LogP contribution in [-0.4, -0.2) is 93.9 Å². The molecule has 2 saturated heterocycles. The normalized spacial score (nSPS) is 21.7. The van der Waals surface area contributed by atoms with Gasteiger partial charge in [0.05, 0.1) is 17.0 Å². The van der Waals surface area contributed by atoms with E-state index in [-0.39, 0.29) is 49.4 Å². The van der Waals surface area contributed by atoms with Gasteiger partial charge in [0.2, 0.25) is 17.8 Å². The molecule has 2 amide bonds. The van der Waals surface area contributed by atoms with Crippen LogP contribution >= 0.6 is 11.6 Å². The fourth-order valence-electron chi connectivity index (χ4n) is 7.42. The van der Waals surface area contributed by atoms with E-state index in [1.54, 1.807) is 38.7 Å². The first-order valence-electron chi connectivity index (χ1n) is 16.9. The second-order valence-electron chi connectivity index (χ2n) is 14.2. The SMILES string of the molecule is Cc1ccc(N(CCCN2CC3CN(C(=O)c4c(C)nc(NC(C(=O)O)C(C)C)nc4C)CC3C2)C(=O)C2CCC(F)(F)CC2)cc1Cl. The van der Waals surface area contributed by atoms with E-state index in [0.717, 1.165) is 31.6 Å². The highest BCUT2D eigenvalue weighted by molar-refractivity contribution is 6.31. The molecule has 2 N–H and O–H groups in total. The molecule has 13 heteroatoms. The summed E-state index contributed by atoms with van der Waals surface area (Å²) in [7, 11) is 0.